The predicted molar refractivity (Wildman–Crippen MR) is 78.8 cm³/mol. The molecule has 1 amide bonds. The van der Waals surface area contributed by atoms with E-state index in [1.807, 2.05) is 6.92 Å². The van der Waals surface area contributed by atoms with Gasteiger partial charge in [0.1, 0.15) is 5.54 Å². The first kappa shape index (κ1) is 15.0. The minimum absolute atomic E-state index is 0.0106. The lowest BCUT2D eigenvalue weighted by Gasteiger charge is -2.26. The smallest absolute Gasteiger partial charge is 0.331 e. The van der Waals surface area contributed by atoms with Gasteiger partial charge in [-0.15, -0.1) is 11.3 Å². The van der Waals surface area contributed by atoms with Crippen LogP contribution in [-0.2, 0) is 14.3 Å². The second-order valence-electron chi connectivity index (χ2n) is 5.56. The molecule has 4 nitrogen and oxygen atoms in total. The Kier molecular flexibility index (Phi) is 4.18. The molecule has 5 heteroatoms. The van der Waals surface area contributed by atoms with Gasteiger partial charge in [0.2, 0.25) is 5.91 Å². The van der Waals surface area contributed by atoms with Crippen LogP contribution in [0.25, 0.3) is 0 Å². The van der Waals surface area contributed by atoms with Gasteiger partial charge in [0, 0.05) is 21.6 Å². The Bertz CT molecular complexity index is 525. The van der Waals surface area contributed by atoms with E-state index in [-0.39, 0.29) is 11.8 Å². The highest BCUT2D eigenvalue weighted by Gasteiger charge is 2.47. The molecule has 1 aromatic heterocycles. The summed E-state index contributed by atoms with van der Waals surface area (Å²) in [5.41, 5.74) is -0.926. The van der Waals surface area contributed by atoms with Crippen molar-refractivity contribution in [3.8, 4) is 0 Å². The van der Waals surface area contributed by atoms with Gasteiger partial charge in [0.05, 0.1) is 7.11 Å². The SMILES string of the molecule is CC[C@](C)(NC(=O)[C@H]1C[C@@H]1c1ccc(C)s1)C(=O)OC. The van der Waals surface area contributed by atoms with Crippen LogP contribution in [0.5, 0.6) is 0 Å². The first-order chi connectivity index (χ1) is 9.41. The summed E-state index contributed by atoms with van der Waals surface area (Å²) in [6, 6.07) is 4.18. The zero-order valence-electron chi connectivity index (χ0n) is 12.4. The molecule has 1 aromatic rings. The Morgan fingerprint density at radius 1 is 1.50 bits per heavy atom. The van der Waals surface area contributed by atoms with Gasteiger partial charge < -0.3 is 10.1 Å². The Morgan fingerprint density at radius 2 is 2.20 bits per heavy atom. The lowest BCUT2D eigenvalue weighted by atomic mass is 9.98. The van der Waals surface area contributed by atoms with E-state index >= 15 is 0 Å². The summed E-state index contributed by atoms with van der Waals surface area (Å²) >= 11 is 1.74. The molecule has 110 valence electrons. The molecule has 1 aliphatic rings. The van der Waals surface area contributed by atoms with E-state index in [2.05, 4.69) is 24.4 Å². The molecule has 1 aliphatic carbocycles. The molecule has 3 atom stereocenters. The number of ether oxygens (including phenoxy) is 1. The largest absolute Gasteiger partial charge is 0.467 e. The highest BCUT2D eigenvalue weighted by molar-refractivity contribution is 7.12. The van der Waals surface area contributed by atoms with Crippen LogP contribution in [-0.4, -0.2) is 24.5 Å². The molecule has 0 aromatic carbocycles. The zero-order chi connectivity index (χ0) is 14.9. The van der Waals surface area contributed by atoms with Crippen molar-refractivity contribution in [2.75, 3.05) is 7.11 Å². The van der Waals surface area contributed by atoms with Crippen LogP contribution in [0.2, 0.25) is 0 Å². The summed E-state index contributed by atoms with van der Waals surface area (Å²) in [6.07, 6.45) is 1.38. The number of methoxy groups -OCH3 is 1. The summed E-state index contributed by atoms with van der Waals surface area (Å²) in [5, 5.41) is 2.85. The molecule has 0 unspecified atom stereocenters. The third-order valence-electron chi connectivity index (χ3n) is 4.00. The molecule has 1 N–H and O–H groups in total. The monoisotopic (exact) mass is 295 g/mol. The third-order valence-corrected chi connectivity index (χ3v) is 5.13. The van der Waals surface area contributed by atoms with E-state index in [0.717, 1.165) is 6.42 Å². The molecule has 0 saturated heterocycles. The maximum absolute atomic E-state index is 12.3. The predicted octanol–water partition coefficient (Wildman–Crippen LogP) is 2.62. The van der Waals surface area contributed by atoms with E-state index < -0.39 is 11.5 Å². The van der Waals surface area contributed by atoms with Crippen LogP contribution in [0, 0.1) is 12.8 Å². The summed E-state index contributed by atoms with van der Waals surface area (Å²) in [7, 11) is 1.34. The molecule has 0 aliphatic heterocycles. The van der Waals surface area contributed by atoms with Crippen LogP contribution >= 0.6 is 11.3 Å². The fourth-order valence-electron chi connectivity index (χ4n) is 2.33. The molecule has 2 rings (SSSR count). The Labute approximate surface area is 123 Å². The molecule has 0 bridgehead atoms. The average molecular weight is 295 g/mol. The number of hydrogen-bond acceptors (Lipinski definition) is 4. The van der Waals surface area contributed by atoms with Crippen molar-refractivity contribution in [3.63, 3.8) is 0 Å². The number of esters is 1. The van der Waals surface area contributed by atoms with Gasteiger partial charge in [-0.1, -0.05) is 6.92 Å². The van der Waals surface area contributed by atoms with Crippen molar-refractivity contribution < 1.29 is 14.3 Å². The highest BCUT2D eigenvalue weighted by Crippen LogP contribution is 2.49. The van der Waals surface area contributed by atoms with Crippen molar-refractivity contribution >= 4 is 23.2 Å². The maximum Gasteiger partial charge on any atom is 0.331 e. The number of hydrogen-bond donors (Lipinski definition) is 1. The zero-order valence-corrected chi connectivity index (χ0v) is 13.2. The van der Waals surface area contributed by atoms with Crippen LogP contribution in [0.3, 0.4) is 0 Å². The Balaban J connectivity index is 1.98. The van der Waals surface area contributed by atoms with Gasteiger partial charge in [0.15, 0.2) is 0 Å². The highest BCUT2D eigenvalue weighted by atomic mass is 32.1. The van der Waals surface area contributed by atoms with E-state index in [1.54, 1.807) is 18.3 Å². The first-order valence-electron chi connectivity index (χ1n) is 6.88. The number of carbonyl (C=O) groups is 2. The van der Waals surface area contributed by atoms with Crippen molar-refractivity contribution in [1.82, 2.24) is 5.32 Å². The third kappa shape index (κ3) is 2.87. The quantitative estimate of drug-likeness (QED) is 0.850. The van der Waals surface area contributed by atoms with E-state index in [9.17, 15) is 9.59 Å². The van der Waals surface area contributed by atoms with Crippen LogP contribution in [0.1, 0.15) is 42.4 Å². The van der Waals surface area contributed by atoms with Gasteiger partial charge in [-0.2, -0.15) is 0 Å². The molecular weight excluding hydrogens is 274 g/mol. The van der Waals surface area contributed by atoms with Gasteiger partial charge in [-0.05, 0) is 38.8 Å². The molecule has 0 spiro atoms. The lowest BCUT2D eigenvalue weighted by molar-refractivity contribution is -0.150. The minimum atomic E-state index is -0.926. The summed E-state index contributed by atoms with van der Waals surface area (Å²) in [5.74, 6) is -0.135. The van der Waals surface area contributed by atoms with Gasteiger partial charge in [-0.25, -0.2) is 4.79 Å². The molecule has 1 fully saturated rings. The van der Waals surface area contributed by atoms with E-state index in [0.29, 0.717) is 12.3 Å². The second-order valence-corrected chi connectivity index (χ2v) is 6.88. The summed E-state index contributed by atoms with van der Waals surface area (Å²) in [6.45, 7) is 5.64. The van der Waals surface area contributed by atoms with Gasteiger partial charge in [0.25, 0.3) is 0 Å². The summed E-state index contributed by atoms with van der Waals surface area (Å²) in [4.78, 5) is 26.6. The number of carbonyl (C=O) groups excluding carboxylic acids is 2. The van der Waals surface area contributed by atoms with Crippen molar-refractivity contribution in [2.45, 2.75) is 45.1 Å². The molecule has 1 saturated carbocycles. The molecule has 20 heavy (non-hydrogen) atoms. The van der Waals surface area contributed by atoms with Crippen LogP contribution < -0.4 is 5.32 Å². The number of nitrogens with one attached hydrogen (secondary N) is 1. The van der Waals surface area contributed by atoms with Crippen LogP contribution in [0.4, 0.5) is 0 Å². The minimum Gasteiger partial charge on any atom is -0.467 e. The topological polar surface area (TPSA) is 55.4 Å². The molecule has 1 heterocycles. The molecule has 0 radical (unpaired) electrons. The Morgan fingerprint density at radius 3 is 2.70 bits per heavy atom. The molecular formula is C15H21NO3S. The number of rotatable bonds is 5. The fourth-order valence-corrected chi connectivity index (χ4v) is 3.38. The van der Waals surface area contributed by atoms with E-state index in [4.69, 9.17) is 4.74 Å². The van der Waals surface area contributed by atoms with Crippen molar-refractivity contribution in [2.24, 2.45) is 5.92 Å². The first-order valence-corrected chi connectivity index (χ1v) is 7.69. The van der Waals surface area contributed by atoms with Crippen LogP contribution in [0.15, 0.2) is 12.1 Å². The standard InChI is InChI=1S/C15H21NO3S/c1-5-15(3,14(18)19-4)16-13(17)11-8-10(11)12-7-6-9(2)20-12/h6-7,10-11H,5,8H2,1-4H3,(H,16,17)/t10-,11-,15-/m0/s1. The fraction of sp³-hybridized carbons (Fsp3) is 0.600. The maximum atomic E-state index is 12.3. The average Bonchev–Trinajstić information content (AvgIpc) is 3.13. The van der Waals surface area contributed by atoms with Crippen molar-refractivity contribution in [1.29, 1.82) is 0 Å². The van der Waals surface area contributed by atoms with Gasteiger partial charge in [-0.3, -0.25) is 4.79 Å². The normalized spacial score (nSPS) is 23.8. The number of aryl methyl sites for hydroxylation is 1. The number of amides is 1. The summed E-state index contributed by atoms with van der Waals surface area (Å²) < 4.78 is 4.77. The van der Waals surface area contributed by atoms with Crippen molar-refractivity contribution in [3.05, 3.63) is 21.9 Å². The van der Waals surface area contributed by atoms with Gasteiger partial charge >= 0.3 is 5.97 Å². The lowest BCUT2D eigenvalue weighted by Crippen LogP contribution is -2.52. The van der Waals surface area contributed by atoms with E-state index in [1.165, 1.54) is 16.9 Å². The Hall–Kier alpha value is -1.36. The second kappa shape index (κ2) is 5.56. The number of thiophene rings is 1.